The molecule has 130 valence electrons. The summed E-state index contributed by atoms with van der Waals surface area (Å²) in [6.07, 6.45) is 3.72. The number of likely N-dealkylation sites (N-methyl/N-ethyl adjacent to an activating group) is 1. The van der Waals surface area contributed by atoms with Crippen molar-refractivity contribution >= 4 is 22.7 Å². The van der Waals surface area contributed by atoms with Crippen LogP contribution in [0.15, 0.2) is 40.4 Å². The van der Waals surface area contributed by atoms with Gasteiger partial charge in [0.05, 0.1) is 12.1 Å². The third-order valence-electron chi connectivity index (χ3n) is 4.56. The Labute approximate surface area is 151 Å². The number of fused-ring (bicyclic) bond motifs is 2. The van der Waals surface area contributed by atoms with E-state index in [-0.39, 0.29) is 6.04 Å². The van der Waals surface area contributed by atoms with Crippen LogP contribution < -0.4 is 11.5 Å². The molecular formula is C18H22N6S. The minimum Gasteiger partial charge on any atom is -0.329 e. The molecule has 0 saturated carbocycles. The highest BCUT2D eigenvalue weighted by Crippen LogP contribution is 2.49. The van der Waals surface area contributed by atoms with E-state index in [1.54, 1.807) is 11.8 Å². The number of benzene rings is 1. The van der Waals surface area contributed by atoms with Gasteiger partial charge in [-0.1, -0.05) is 17.8 Å². The highest BCUT2D eigenvalue weighted by Gasteiger charge is 2.27. The summed E-state index contributed by atoms with van der Waals surface area (Å²) < 4.78 is 2.09. The average molecular weight is 354 g/mol. The van der Waals surface area contributed by atoms with E-state index in [0.717, 1.165) is 35.4 Å². The topological polar surface area (TPSA) is 86.0 Å². The molecule has 1 unspecified atom stereocenters. The molecule has 1 aliphatic rings. The lowest BCUT2D eigenvalue weighted by Gasteiger charge is -2.20. The highest BCUT2D eigenvalue weighted by molar-refractivity contribution is 7.99. The predicted molar refractivity (Wildman–Crippen MR) is 102 cm³/mol. The van der Waals surface area contributed by atoms with Gasteiger partial charge in [-0.3, -0.25) is 9.67 Å². The number of rotatable bonds is 5. The first-order valence-electron chi connectivity index (χ1n) is 8.36. The molecule has 2 aromatic heterocycles. The minimum atomic E-state index is -0.173. The lowest BCUT2D eigenvalue weighted by Crippen LogP contribution is -2.21. The van der Waals surface area contributed by atoms with Gasteiger partial charge in [-0.2, -0.15) is 5.10 Å². The second-order valence-electron chi connectivity index (χ2n) is 6.57. The molecule has 0 bridgehead atoms. The molecule has 3 heterocycles. The van der Waals surface area contributed by atoms with Crippen LogP contribution in [0.1, 0.15) is 11.6 Å². The number of pyridine rings is 1. The van der Waals surface area contributed by atoms with E-state index < -0.39 is 0 Å². The van der Waals surface area contributed by atoms with Gasteiger partial charge in [0.15, 0.2) is 0 Å². The van der Waals surface area contributed by atoms with Gasteiger partial charge in [0.2, 0.25) is 0 Å². The zero-order chi connectivity index (χ0) is 17.6. The van der Waals surface area contributed by atoms with Gasteiger partial charge < -0.3 is 16.4 Å². The number of hydrogen-bond acceptors (Lipinski definition) is 6. The predicted octanol–water partition coefficient (Wildman–Crippen LogP) is 2.08. The van der Waals surface area contributed by atoms with E-state index in [1.807, 2.05) is 18.5 Å². The Kier molecular flexibility index (Phi) is 4.24. The summed E-state index contributed by atoms with van der Waals surface area (Å²) in [5.74, 6) is 0. The first-order chi connectivity index (χ1) is 12.1. The highest BCUT2D eigenvalue weighted by atomic mass is 32.2. The van der Waals surface area contributed by atoms with E-state index in [1.165, 1.54) is 15.2 Å². The number of nitrogens with two attached hydrogens (primary N) is 2. The van der Waals surface area contributed by atoms with Crippen LogP contribution in [0.2, 0.25) is 0 Å². The Morgan fingerprint density at radius 2 is 2.12 bits per heavy atom. The van der Waals surface area contributed by atoms with E-state index in [9.17, 15) is 0 Å². The van der Waals surface area contributed by atoms with Crippen LogP contribution in [-0.4, -0.2) is 46.8 Å². The minimum absolute atomic E-state index is 0.173. The van der Waals surface area contributed by atoms with Crippen LogP contribution in [0.4, 0.5) is 0 Å². The monoisotopic (exact) mass is 354 g/mol. The van der Waals surface area contributed by atoms with E-state index >= 15 is 0 Å². The van der Waals surface area contributed by atoms with Crippen molar-refractivity contribution in [3.63, 3.8) is 0 Å². The van der Waals surface area contributed by atoms with Gasteiger partial charge in [-0.05, 0) is 31.8 Å². The Hall–Kier alpha value is -1.93. The molecule has 3 aromatic rings. The fourth-order valence-electron chi connectivity index (χ4n) is 3.20. The molecule has 4 rings (SSSR count). The Bertz CT molecular complexity index is 933. The molecule has 1 atom stereocenters. The summed E-state index contributed by atoms with van der Waals surface area (Å²) in [4.78, 5) is 8.81. The van der Waals surface area contributed by atoms with Crippen molar-refractivity contribution in [2.45, 2.75) is 22.4 Å². The second kappa shape index (κ2) is 6.42. The molecule has 0 fully saturated rings. The lowest BCUT2D eigenvalue weighted by molar-refractivity contribution is 0.377. The summed E-state index contributed by atoms with van der Waals surface area (Å²) >= 11 is 1.74. The molecule has 0 saturated heterocycles. The summed E-state index contributed by atoms with van der Waals surface area (Å²) in [7, 11) is 4.15. The summed E-state index contributed by atoms with van der Waals surface area (Å²) in [5.41, 5.74) is 16.4. The largest absolute Gasteiger partial charge is 0.329 e. The zero-order valence-corrected chi connectivity index (χ0v) is 15.3. The molecule has 25 heavy (non-hydrogen) atoms. The van der Waals surface area contributed by atoms with E-state index in [4.69, 9.17) is 16.6 Å². The maximum absolute atomic E-state index is 6.28. The summed E-state index contributed by atoms with van der Waals surface area (Å²) in [5, 5.41) is 6.10. The molecule has 7 heteroatoms. The molecule has 4 N–H and O–H groups in total. The molecule has 0 amide bonds. The Balaban J connectivity index is 1.96. The van der Waals surface area contributed by atoms with Crippen LogP contribution in [0, 0.1) is 0 Å². The maximum atomic E-state index is 6.28. The van der Waals surface area contributed by atoms with Crippen molar-refractivity contribution in [1.29, 1.82) is 0 Å². The fourth-order valence-corrected chi connectivity index (χ4v) is 4.45. The third kappa shape index (κ3) is 2.73. The molecule has 1 aromatic carbocycles. The Morgan fingerprint density at radius 1 is 1.28 bits per heavy atom. The number of nitrogens with zero attached hydrogens (tertiary/aromatic N) is 4. The van der Waals surface area contributed by atoms with Crippen LogP contribution >= 0.6 is 11.8 Å². The lowest BCUT2D eigenvalue weighted by atomic mass is 10.0. The number of aromatic nitrogens is 3. The number of hydrogen-bond donors (Lipinski definition) is 2. The average Bonchev–Trinajstić information content (AvgIpc) is 3.00. The smallest absolute Gasteiger partial charge is 0.104 e. The molecule has 6 nitrogen and oxygen atoms in total. The van der Waals surface area contributed by atoms with Gasteiger partial charge in [0.1, 0.15) is 5.69 Å². The van der Waals surface area contributed by atoms with E-state index in [0.29, 0.717) is 6.54 Å². The van der Waals surface area contributed by atoms with Crippen molar-refractivity contribution in [2.75, 3.05) is 27.2 Å². The van der Waals surface area contributed by atoms with Gasteiger partial charge in [-0.15, -0.1) is 0 Å². The van der Waals surface area contributed by atoms with Gasteiger partial charge in [0, 0.05) is 52.3 Å². The van der Waals surface area contributed by atoms with E-state index in [2.05, 4.69) is 40.8 Å². The van der Waals surface area contributed by atoms with Crippen LogP contribution in [0.3, 0.4) is 0 Å². The maximum Gasteiger partial charge on any atom is 0.104 e. The molecular weight excluding hydrogens is 332 g/mol. The van der Waals surface area contributed by atoms with Crippen molar-refractivity contribution in [2.24, 2.45) is 11.5 Å². The van der Waals surface area contributed by atoms with Crippen molar-refractivity contribution in [1.82, 2.24) is 19.7 Å². The Morgan fingerprint density at radius 3 is 2.88 bits per heavy atom. The van der Waals surface area contributed by atoms with Crippen LogP contribution in [0.5, 0.6) is 0 Å². The summed E-state index contributed by atoms with van der Waals surface area (Å²) in [6.45, 7) is 2.19. The van der Waals surface area contributed by atoms with Gasteiger partial charge in [-0.25, -0.2) is 0 Å². The van der Waals surface area contributed by atoms with Gasteiger partial charge >= 0.3 is 0 Å². The molecule has 1 aliphatic heterocycles. The zero-order valence-electron chi connectivity index (χ0n) is 14.4. The van der Waals surface area contributed by atoms with Crippen molar-refractivity contribution in [3.8, 4) is 11.3 Å². The first kappa shape index (κ1) is 16.5. The normalized spacial score (nSPS) is 14.1. The van der Waals surface area contributed by atoms with Crippen molar-refractivity contribution in [3.05, 3.63) is 36.2 Å². The first-order valence-corrected chi connectivity index (χ1v) is 9.18. The quantitative estimate of drug-likeness (QED) is 0.571. The third-order valence-corrected chi connectivity index (χ3v) is 5.78. The second-order valence-corrected chi connectivity index (χ2v) is 7.62. The fraction of sp³-hybridized carbons (Fsp3) is 0.333. The van der Waals surface area contributed by atoms with Crippen LogP contribution in [-0.2, 0) is 6.54 Å². The molecule has 0 aliphatic carbocycles. The molecule has 0 spiro atoms. The van der Waals surface area contributed by atoms with Crippen LogP contribution in [0.25, 0.3) is 22.2 Å². The molecule has 0 radical (unpaired) electrons. The van der Waals surface area contributed by atoms with Gasteiger partial charge in [0.25, 0.3) is 0 Å². The summed E-state index contributed by atoms with van der Waals surface area (Å²) in [6, 6.07) is 6.09. The SMILES string of the molecule is CN(C)CCn1nc2c3c(c(C(N)CN)ccc31)Sc1ccncc1-2. The van der Waals surface area contributed by atoms with Crippen molar-refractivity contribution < 1.29 is 0 Å². The standard InChI is InChI=1S/C18H22N6S/c1-23(2)7-8-24-14-4-3-11(13(20)9-19)18-16(14)17(22-24)12-10-21-6-5-15(12)25-18/h3-6,10,13H,7-9,19-20H2,1-2H3.